The maximum Gasteiger partial charge on any atom is 0.240 e. The highest BCUT2D eigenvalue weighted by atomic mass is 16.5. The van der Waals surface area contributed by atoms with Crippen molar-refractivity contribution in [3.8, 4) is 0 Å². The number of carbonyl (C=O) groups excluding carboxylic acids is 2. The number of nitrogens with zero attached hydrogens (tertiary/aromatic N) is 1. The number of ether oxygens (including phenoxy) is 1. The first-order chi connectivity index (χ1) is 9.16. The Morgan fingerprint density at radius 2 is 1.74 bits per heavy atom. The highest BCUT2D eigenvalue weighted by Gasteiger charge is 2.62. The summed E-state index contributed by atoms with van der Waals surface area (Å²) in [6.45, 7) is 1.96. The number of fused-ring (bicyclic) bond motifs is 5. The van der Waals surface area contributed by atoms with Gasteiger partial charge in [0.1, 0.15) is 0 Å². The fourth-order valence-electron chi connectivity index (χ4n) is 3.73. The Morgan fingerprint density at radius 1 is 1.11 bits per heavy atom. The molecule has 0 aromatic heterocycles. The molecule has 0 aliphatic carbocycles. The molecule has 4 rings (SSSR count). The summed E-state index contributed by atoms with van der Waals surface area (Å²) in [6, 6.07) is 7.55. The standard InChI is InChI=1S/C15H15NO3/c1-8-3-2-4-9(7-8)16-14(17)12-10-5-6-11(19-10)13(12)15(16)18/h2-4,7,10-13H,5-6H2,1H3/t10-,11-,12-,13-/m0/s1. The first-order valence-electron chi connectivity index (χ1n) is 6.77. The van der Waals surface area contributed by atoms with Gasteiger partial charge in [-0.05, 0) is 37.5 Å². The average molecular weight is 257 g/mol. The molecular weight excluding hydrogens is 242 g/mol. The fraction of sp³-hybridized carbons (Fsp3) is 0.467. The zero-order valence-corrected chi connectivity index (χ0v) is 10.7. The smallest absolute Gasteiger partial charge is 0.240 e. The van der Waals surface area contributed by atoms with Crippen molar-refractivity contribution in [1.82, 2.24) is 0 Å². The summed E-state index contributed by atoms with van der Waals surface area (Å²) in [6.07, 6.45) is 1.74. The number of carbonyl (C=O) groups is 2. The SMILES string of the molecule is Cc1cccc(N2C(=O)[C@@H]3[C@@H](C2=O)[C@@H]2CC[C@@H]3O2)c1. The quantitative estimate of drug-likeness (QED) is 0.719. The van der Waals surface area contributed by atoms with Gasteiger partial charge in [-0.15, -0.1) is 0 Å². The van der Waals surface area contributed by atoms with Crippen molar-refractivity contribution in [2.24, 2.45) is 11.8 Å². The van der Waals surface area contributed by atoms with Gasteiger partial charge in [0.05, 0.1) is 29.7 Å². The molecule has 4 nitrogen and oxygen atoms in total. The lowest BCUT2D eigenvalue weighted by Gasteiger charge is -2.17. The summed E-state index contributed by atoms with van der Waals surface area (Å²) in [5.41, 5.74) is 1.75. The largest absolute Gasteiger partial charge is 0.373 e. The molecule has 4 atom stereocenters. The van der Waals surface area contributed by atoms with E-state index in [0.717, 1.165) is 18.4 Å². The summed E-state index contributed by atoms with van der Waals surface area (Å²) in [5, 5.41) is 0. The van der Waals surface area contributed by atoms with E-state index in [0.29, 0.717) is 5.69 Å². The van der Waals surface area contributed by atoms with E-state index in [1.807, 2.05) is 31.2 Å². The van der Waals surface area contributed by atoms with E-state index < -0.39 is 0 Å². The third-order valence-electron chi connectivity index (χ3n) is 4.54. The summed E-state index contributed by atoms with van der Waals surface area (Å²) < 4.78 is 5.72. The molecule has 3 aliphatic heterocycles. The Balaban J connectivity index is 1.75. The van der Waals surface area contributed by atoms with Crippen molar-refractivity contribution in [3.63, 3.8) is 0 Å². The van der Waals surface area contributed by atoms with E-state index in [9.17, 15) is 9.59 Å². The minimum atomic E-state index is -0.244. The lowest BCUT2D eigenvalue weighted by Crippen LogP contribution is -2.34. The van der Waals surface area contributed by atoms with Gasteiger partial charge in [0.2, 0.25) is 11.8 Å². The number of rotatable bonds is 1. The van der Waals surface area contributed by atoms with Crippen LogP contribution in [0.5, 0.6) is 0 Å². The van der Waals surface area contributed by atoms with Gasteiger partial charge >= 0.3 is 0 Å². The molecule has 1 aromatic carbocycles. The first-order valence-corrected chi connectivity index (χ1v) is 6.77. The van der Waals surface area contributed by atoms with E-state index in [1.165, 1.54) is 4.90 Å². The normalized spacial score (nSPS) is 36.2. The molecule has 98 valence electrons. The highest BCUT2D eigenvalue weighted by molar-refractivity contribution is 6.22. The average Bonchev–Trinajstić information content (AvgIpc) is 3.04. The summed E-state index contributed by atoms with van der Waals surface area (Å²) in [7, 11) is 0. The molecule has 0 spiro atoms. The Hall–Kier alpha value is -1.68. The topological polar surface area (TPSA) is 46.6 Å². The number of aryl methyl sites for hydroxylation is 1. The summed E-state index contributed by atoms with van der Waals surface area (Å²) in [4.78, 5) is 26.4. The lowest BCUT2D eigenvalue weighted by molar-refractivity contribution is -0.124. The maximum atomic E-state index is 12.5. The highest BCUT2D eigenvalue weighted by Crippen LogP contribution is 2.49. The van der Waals surface area contributed by atoms with Crippen LogP contribution >= 0.6 is 0 Å². The molecule has 2 amide bonds. The minimum absolute atomic E-state index is 0.0405. The van der Waals surface area contributed by atoms with Crippen molar-refractivity contribution in [1.29, 1.82) is 0 Å². The fourth-order valence-corrected chi connectivity index (χ4v) is 3.73. The van der Waals surface area contributed by atoms with Crippen LogP contribution in [0.2, 0.25) is 0 Å². The van der Waals surface area contributed by atoms with Crippen LogP contribution in [0.15, 0.2) is 24.3 Å². The van der Waals surface area contributed by atoms with Gasteiger partial charge < -0.3 is 4.74 Å². The van der Waals surface area contributed by atoms with Crippen molar-refractivity contribution in [3.05, 3.63) is 29.8 Å². The van der Waals surface area contributed by atoms with Gasteiger partial charge in [-0.2, -0.15) is 0 Å². The molecule has 19 heavy (non-hydrogen) atoms. The van der Waals surface area contributed by atoms with Gasteiger partial charge in [-0.25, -0.2) is 4.90 Å². The van der Waals surface area contributed by atoms with Crippen LogP contribution in [0.1, 0.15) is 18.4 Å². The molecule has 2 bridgehead atoms. The van der Waals surface area contributed by atoms with Crippen molar-refractivity contribution >= 4 is 17.5 Å². The molecule has 4 heteroatoms. The molecule has 3 fully saturated rings. The van der Waals surface area contributed by atoms with Gasteiger partial charge in [-0.1, -0.05) is 12.1 Å². The van der Waals surface area contributed by atoms with E-state index in [1.54, 1.807) is 0 Å². The molecule has 3 saturated heterocycles. The van der Waals surface area contributed by atoms with Gasteiger partial charge in [0, 0.05) is 0 Å². The van der Waals surface area contributed by atoms with Crippen molar-refractivity contribution in [2.75, 3.05) is 4.90 Å². The van der Waals surface area contributed by atoms with Crippen LogP contribution < -0.4 is 4.90 Å². The Bertz CT molecular complexity index is 555. The van der Waals surface area contributed by atoms with Crippen molar-refractivity contribution < 1.29 is 14.3 Å². The third kappa shape index (κ3) is 1.38. The Morgan fingerprint density at radius 3 is 2.32 bits per heavy atom. The summed E-state index contributed by atoms with van der Waals surface area (Å²) >= 11 is 0. The van der Waals surface area contributed by atoms with Gasteiger partial charge in [-0.3, -0.25) is 9.59 Å². The van der Waals surface area contributed by atoms with Crippen LogP contribution in [0, 0.1) is 18.8 Å². The number of amides is 2. The number of anilines is 1. The Kier molecular flexibility index (Phi) is 2.16. The second kappa shape index (κ2) is 3.67. The molecule has 1 aromatic rings. The Labute approximate surface area is 111 Å². The van der Waals surface area contributed by atoms with E-state index in [-0.39, 0.29) is 35.9 Å². The predicted octanol–water partition coefficient (Wildman–Crippen LogP) is 1.66. The van der Waals surface area contributed by atoms with Crippen LogP contribution in [0.4, 0.5) is 5.69 Å². The molecule has 3 heterocycles. The molecule has 3 aliphatic rings. The zero-order chi connectivity index (χ0) is 13.1. The molecule has 0 radical (unpaired) electrons. The van der Waals surface area contributed by atoms with Crippen LogP contribution in [-0.2, 0) is 14.3 Å². The zero-order valence-electron chi connectivity index (χ0n) is 10.7. The number of hydrogen-bond donors (Lipinski definition) is 0. The lowest BCUT2D eigenvalue weighted by atomic mass is 9.81. The van der Waals surface area contributed by atoms with Crippen LogP contribution in [0.3, 0.4) is 0 Å². The third-order valence-corrected chi connectivity index (χ3v) is 4.54. The predicted molar refractivity (Wildman–Crippen MR) is 68.5 cm³/mol. The monoisotopic (exact) mass is 257 g/mol. The summed E-state index contributed by atoms with van der Waals surface area (Å²) in [5.74, 6) is -0.640. The minimum Gasteiger partial charge on any atom is -0.373 e. The van der Waals surface area contributed by atoms with E-state index >= 15 is 0 Å². The van der Waals surface area contributed by atoms with Crippen molar-refractivity contribution in [2.45, 2.75) is 32.0 Å². The first kappa shape index (κ1) is 11.2. The van der Waals surface area contributed by atoms with E-state index in [4.69, 9.17) is 4.74 Å². The van der Waals surface area contributed by atoms with Gasteiger partial charge in [0.25, 0.3) is 0 Å². The molecule has 0 saturated carbocycles. The van der Waals surface area contributed by atoms with Crippen LogP contribution in [0.25, 0.3) is 0 Å². The molecule has 0 N–H and O–H groups in total. The second-order valence-electron chi connectivity index (χ2n) is 5.69. The second-order valence-corrected chi connectivity index (χ2v) is 5.69. The van der Waals surface area contributed by atoms with Crippen LogP contribution in [-0.4, -0.2) is 24.0 Å². The number of hydrogen-bond acceptors (Lipinski definition) is 3. The maximum absolute atomic E-state index is 12.5. The van der Waals surface area contributed by atoms with E-state index in [2.05, 4.69) is 0 Å². The molecular formula is C15H15NO3. The van der Waals surface area contributed by atoms with Gasteiger partial charge in [0.15, 0.2) is 0 Å². The number of benzene rings is 1. The molecule has 0 unspecified atom stereocenters. The number of imide groups is 1.